The van der Waals surface area contributed by atoms with E-state index in [0.717, 1.165) is 49.1 Å². The van der Waals surface area contributed by atoms with Crippen molar-refractivity contribution in [1.29, 1.82) is 0 Å². The summed E-state index contributed by atoms with van der Waals surface area (Å²) in [5.41, 5.74) is 1.13. The first-order valence-corrected chi connectivity index (χ1v) is 8.15. The summed E-state index contributed by atoms with van der Waals surface area (Å²) in [6.07, 6.45) is 1.79. The van der Waals surface area contributed by atoms with Gasteiger partial charge in [0.25, 0.3) is 0 Å². The van der Waals surface area contributed by atoms with Crippen LogP contribution in [0.15, 0.2) is 12.3 Å². The minimum Gasteiger partial charge on any atom is -0.351 e. The fourth-order valence-corrected chi connectivity index (χ4v) is 2.91. The van der Waals surface area contributed by atoms with Crippen molar-refractivity contribution in [3.63, 3.8) is 0 Å². The fourth-order valence-electron chi connectivity index (χ4n) is 2.74. The van der Waals surface area contributed by atoms with Gasteiger partial charge in [-0.15, -0.1) is 0 Å². The summed E-state index contributed by atoms with van der Waals surface area (Å²) in [7, 11) is 2.17. The highest BCUT2D eigenvalue weighted by Gasteiger charge is 2.23. The van der Waals surface area contributed by atoms with Crippen LogP contribution in [0.1, 0.15) is 26.3 Å². The molecule has 0 saturated carbocycles. The van der Waals surface area contributed by atoms with Gasteiger partial charge in [-0.25, -0.2) is 4.98 Å². The number of rotatable bonds is 5. The molecule has 0 aromatic carbocycles. The molecule has 0 amide bonds. The highest BCUT2D eigenvalue weighted by molar-refractivity contribution is 6.31. The molecule has 21 heavy (non-hydrogen) atoms. The molecule has 1 atom stereocenters. The van der Waals surface area contributed by atoms with Gasteiger partial charge in [0.1, 0.15) is 5.82 Å². The number of pyridine rings is 1. The molecular weight excluding hydrogens is 284 g/mol. The van der Waals surface area contributed by atoms with Gasteiger partial charge in [0.15, 0.2) is 0 Å². The number of halogens is 1. The number of piperazine rings is 1. The van der Waals surface area contributed by atoms with Gasteiger partial charge in [0.2, 0.25) is 0 Å². The molecule has 0 radical (unpaired) electrons. The summed E-state index contributed by atoms with van der Waals surface area (Å²) in [5.74, 6) is 1.68. The van der Waals surface area contributed by atoms with E-state index in [1.54, 1.807) is 6.20 Å². The third kappa shape index (κ3) is 4.56. The summed E-state index contributed by atoms with van der Waals surface area (Å²) in [4.78, 5) is 9.27. The Balaban J connectivity index is 2.07. The molecule has 4 nitrogen and oxygen atoms in total. The average molecular weight is 311 g/mol. The van der Waals surface area contributed by atoms with Gasteiger partial charge in [-0.1, -0.05) is 25.4 Å². The zero-order valence-electron chi connectivity index (χ0n) is 13.6. The Morgan fingerprint density at radius 2 is 2.19 bits per heavy atom. The molecule has 1 aromatic rings. The number of hydrogen-bond donors (Lipinski definition) is 1. The van der Waals surface area contributed by atoms with E-state index in [4.69, 9.17) is 11.6 Å². The first-order chi connectivity index (χ1) is 9.97. The predicted octanol–water partition coefficient (Wildman–Crippen LogP) is 2.62. The fraction of sp³-hybridized carbons (Fsp3) is 0.688. The Morgan fingerprint density at radius 3 is 2.86 bits per heavy atom. The van der Waals surface area contributed by atoms with Crippen molar-refractivity contribution in [3.05, 3.63) is 22.8 Å². The molecular formula is C16H27ClN4. The minimum absolute atomic E-state index is 0.480. The van der Waals surface area contributed by atoms with Crippen molar-refractivity contribution in [2.75, 3.05) is 38.1 Å². The molecule has 1 aromatic heterocycles. The largest absolute Gasteiger partial charge is 0.351 e. The highest BCUT2D eigenvalue weighted by Crippen LogP contribution is 2.23. The van der Waals surface area contributed by atoms with E-state index in [1.807, 2.05) is 0 Å². The van der Waals surface area contributed by atoms with Crippen molar-refractivity contribution in [2.24, 2.45) is 5.92 Å². The van der Waals surface area contributed by atoms with E-state index in [9.17, 15) is 0 Å². The topological polar surface area (TPSA) is 31.4 Å². The summed E-state index contributed by atoms with van der Waals surface area (Å²) >= 11 is 6.28. The van der Waals surface area contributed by atoms with Crippen molar-refractivity contribution in [1.82, 2.24) is 15.2 Å². The molecule has 5 heteroatoms. The van der Waals surface area contributed by atoms with Crippen LogP contribution in [0.5, 0.6) is 0 Å². The van der Waals surface area contributed by atoms with Crippen LogP contribution in [0.4, 0.5) is 5.82 Å². The van der Waals surface area contributed by atoms with Gasteiger partial charge in [0.05, 0.1) is 5.02 Å². The number of anilines is 1. The lowest BCUT2D eigenvalue weighted by molar-refractivity contribution is 0.274. The van der Waals surface area contributed by atoms with Crippen molar-refractivity contribution < 1.29 is 0 Å². The van der Waals surface area contributed by atoms with Gasteiger partial charge in [-0.05, 0) is 38.1 Å². The Morgan fingerprint density at radius 1 is 1.43 bits per heavy atom. The normalized spacial score (nSPS) is 20.3. The van der Waals surface area contributed by atoms with Crippen LogP contribution in [0.3, 0.4) is 0 Å². The van der Waals surface area contributed by atoms with Crippen LogP contribution in [-0.2, 0) is 6.54 Å². The number of nitrogens with one attached hydrogen (secondary N) is 1. The van der Waals surface area contributed by atoms with Gasteiger partial charge < -0.3 is 15.1 Å². The predicted molar refractivity (Wildman–Crippen MR) is 90.1 cm³/mol. The number of aromatic nitrogens is 1. The molecule has 2 rings (SSSR count). The van der Waals surface area contributed by atoms with E-state index in [-0.39, 0.29) is 0 Å². The summed E-state index contributed by atoms with van der Waals surface area (Å²) in [6.45, 7) is 11.6. The maximum atomic E-state index is 6.28. The molecule has 1 N–H and O–H groups in total. The van der Waals surface area contributed by atoms with Gasteiger partial charge in [-0.2, -0.15) is 0 Å². The Bertz CT molecular complexity index is 464. The van der Waals surface area contributed by atoms with Crippen LogP contribution in [0.2, 0.25) is 5.02 Å². The second-order valence-electron chi connectivity index (χ2n) is 6.46. The smallest absolute Gasteiger partial charge is 0.129 e. The Hall–Kier alpha value is -0.840. The maximum absolute atomic E-state index is 6.28. The monoisotopic (exact) mass is 310 g/mol. The van der Waals surface area contributed by atoms with E-state index >= 15 is 0 Å². The lowest BCUT2D eigenvalue weighted by atomic mass is 10.1. The molecule has 0 spiro atoms. The van der Waals surface area contributed by atoms with Crippen LogP contribution in [0, 0.1) is 5.92 Å². The third-order valence-electron chi connectivity index (χ3n) is 3.91. The maximum Gasteiger partial charge on any atom is 0.129 e. The lowest BCUT2D eigenvalue weighted by Gasteiger charge is -2.39. The van der Waals surface area contributed by atoms with Crippen molar-refractivity contribution in [3.8, 4) is 0 Å². The van der Waals surface area contributed by atoms with Crippen LogP contribution < -0.4 is 10.2 Å². The third-order valence-corrected chi connectivity index (χ3v) is 4.25. The number of likely N-dealkylation sites (N-methyl/N-ethyl adjacent to an activating group) is 1. The first-order valence-electron chi connectivity index (χ1n) is 7.77. The SMILES string of the molecule is CC(C)CNCc1cc(N2CCN(C)CC2C)ncc1Cl. The van der Waals surface area contributed by atoms with Crippen molar-refractivity contribution in [2.45, 2.75) is 33.4 Å². The number of hydrogen-bond acceptors (Lipinski definition) is 4. The van der Waals surface area contributed by atoms with E-state index in [1.165, 1.54) is 0 Å². The molecule has 1 saturated heterocycles. The zero-order valence-corrected chi connectivity index (χ0v) is 14.3. The second kappa shape index (κ2) is 7.43. The van der Waals surface area contributed by atoms with Crippen molar-refractivity contribution >= 4 is 17.4 Å². The lowest BCUT2D eigenvalue weighted by Crippen LogP contribution is -2.50. The zero-order chi connectivity index (χ0) is 15.4. The van der Waals surface area contributed by atoms with E-state index < -0.39 is 0 Å². The van der Waals surface area contributed by atoms with Crippen LogP contribution >= 0.6 is 11.6 Å². The minimum atomic E-state index is 0.480. The standard InChI is InChI=1S/C16H27ClN4/c1-12(2)8-18-9-14-7-16(19-10-15(14)17)21-6-5-20(4)11-13(21)3/h7,10,12-13,18H,5-6,8-9,11H2,1-4H3. The molecule has 0 bridgehead atoms. The molecule has 1 aliphatic heterocycles. The molecule has 1 fully saturated rings. The average Bonchev–Trinajstić information content (AvgIpc) is 2.41. The van der Waals surface area contributed by atoms with Gasteiger partial charge in [-0.3, -0.25) is 0 Å². The van der Waals surface area contributed by atoms with Gasteiger partial charge in [0, 0.05) is 38.4 Å². The Kier molecular flexibility index (Phi) is 5.85. The molecule has 2 heterocycles. The molecule has 118 valence electrons. The quantitative estimate of drug-likeness (QED) is 0.906. The summed E-state index contributed by atoms with van der Waals surface area (Å²) < 4.78 is 0. The highest BCUT2D eigenvalue weighted by atomic mass is 35.5. The summed E-state index contributed by atoms with van der Waals surface area (Å²) in [5, 5.41) is 4.20. The van der Waals surface area contributed by atoms with Gasteiger partial charge >= 0.3 is 0 Å². The first kappa shape index (κ1) is 16.5. The summed E-state index contributed by atoms with van der Waals surface area (Å²) in [6, 6.07) is 2.62. The van der Waals surface area contributed by atoms with E-state index in [0.29, 0.717) is 12.0 Å². The molecule has 1 aliphatic rings. The Labute approximate surface area is 133 Å². The van der Waals surface area contributed by atoms with Crippen LogP contribution in [0.25, 0.3) is 0 Å². The number of nitrogens with zero attached hydrogens (tertiary/aromatic N) is 3. The molecule has 1 unspecified atom stereocenters. The van der Waals surface area contributed by atoms with Crippen LogP contribution in [-0.4, -0.2) is 49.2 Å². The van der Waals surface area contributed by atoms with E-state index in [2.05, 4.69) is 54.0 Å². The molecule has 0 aliphatic carbocycles. The second-order valence-corrected chi connectivity index (χ2v) is 6.87.